The fourth-order valence-corrected chi connectivity index (χ4v) is 1.52. The van der Waals surface area contributed by atoms with E-state index >= 15 is 0 Å². The first kappa shape index (κ1) is 11.8. The van der Waals surface area contributed by atoms with Crippen LogP contribution in [0.1, 0.15) is 33.1 Å². The van der Waals surface area contributed by atoms with Crippen molar-refractivity contribution in [2.75, 3.05) is 12.5 Å². The molecular weight excluding hydrogens is 202 g/mol. The van der Waals surface area contributed by atoms with Gasteiger partial charge in [0.2, 0.25) is 5.91 Å². The summed E-state index contributed by atoms with van der Waals surface area (Å²) in [5.41, 5.74) is -0.917. The number of carbonyl (C=O) groups excluding carboxylic acids is 1. The molecule has 0 aliphatic heterocycles. The van der Waals surface area contributed by atoms with E-state index in [1.54, 1.807) is 13.8 Å². The molecule has 82 valence electrons. The van der Waals surface area contributed by atoms with Crippen LogP contribution in [0.5, 0.6) is 0 Å². The number of rotatable bonds is 4. The van der Waals surface area contributed by atoms with Gasteiger partial charge in [0.1, 0.15) is 0 Å². The zero-order chi connectivity index (χ0) is 10.8. The van der Waals surface area contributed by atoms with Crippen molar-refractivity contribution in [2.45, 2.75) is 38.6 Å². The fraction of sp³-hybridized carbons (Fsp3) is 0.900. The SMILES string of the molecule is CC(C)(CCl)C(=O)NC1(CO)CCC1. The van der Waals surface area contributed by atoms with E-state index in [2.05, 4.69) is 5.32 Å². The summed E-state index contributed by atoms with van der Waals surface area (Å²) in [4.78, 5) is 11.8. The van der Waals surface area contributed by atoms with E-state index in [-0.39, 0.29) is 18.1 Å². The van der Waals surface area contributed by atoms with Gasteiger partial charge in [-0.3, -0.25) is 4.79 Å². The van der Waals surface area contributed by atoms with Gasteiger partial charge in [-0.2, -0.15) is 0 Å². The molecule has 4 heteroatoms. The lowest BCUT2D eigenvalue weighted by atomic mass is 9.76. The summed E-state index contributed by atoms with van der Waals surface area (Å²) in [5.74, 6) is 0.224. The highest BCUT2D eigenvalue weighted by Crippen LogP contribution is 2.32. The largest absolute Gasteiger partial charge is 0.394 e. The van der Waals surface area contributed by atoms with Gasteiger partial charge in [0.25, 0.3) is 0 Å². The van der Waals surface area contributed by atoms with E-state index in [1.165, 1.54) is 0 Å². The summed E-state index contributed by atoms with van der Waals surface area (Å²) >= 11 is 5.70. The minimum absolute atomic E-state index is 0.0249. The maximum Gasteiger partial charge on any atom is 0.227 e. The minimum atomic E-state index is -0.556. The van der Waals surface area contributed by atoms with Gasteiger partial charge in [0.05, 0.1) is 17.6 Å². The Morgan fingerprint density at radius 3 is 2.43 bits per heavy atom. The molecule has 0 bridgehead atoms. The number of nitrogens with one attached hydrogen (secondary N) is 1. The van der Waals surface area contributed by atoms with Gasteiger partial charge in [-0.15, -0.1) is 11.6 Å². The number of alkyl halides is 1. The van der Waals surface area contributed by atoms with E-state index in [4.69, 9.17) is 11.6 Å². The fourth-order valence-electron chi connectivity index (χ4n) is 1.40. The molecular formula is C10H18ClNO2. The van der Waals surface area contributed by atoms with Crippen molar-refractivity contribution in [3.05, 3.63) is 0 Å². The standard InChI is InChI=1S/C10H18ClNO2/c1-9(2,6-11)8(14)12-10(7-13)4-3-5-10/h13H,3-7H2,1-2H3,(H,12,14). The number of aliphatic hydroxyl groups is 1. The zero-order valence-corrected chi connectivity index (χ0v) is 9.52. The molecule has 2 N–H and O–H groups in total. The summed E-state index contributed by atoms with van der Waals surface area (Å²) in [7, 11) is 0. The first-order chi connectivity index (χ1) is 6.46. The number of carbonyl (C=O) groups is 1. The van der Waals surface area contributed by atoms with Crippen LogP contribution in [0.4, 0.5) is 0 Å². The molecule has 3 nitrogen and oxygen atoms in total. The van der Waals surface area contributed by atoms with E-state index in [0.717, 1.165) is 19.3 Å². The van der Waals surface area contributed by atoms with Crippen molar-refractivity contribution in [1.82, 2.24) is 5.32 Å². The molecule has 1 aliphatic rings. The minimum Gasteiger partial charge on any atom is -0.394 e. The third kappa shape index (κ3) is 2.20. The van der Waals surface area contributed by atoms with Gasteiger partial charge in [-0.1, -0.05) is 0 Å². The molecule has 1 amide bonds. The Labute approximate surface area is 89.8 Å². The van der Waals surface area contributed by atoms with E-state index in [1.807, 2.05) is 0 Å². The van der Waals surface area contributed by atoms with Crippen LogP contribution >= 0.6 is 11.6 Å². The lowest BCUT2D eigenvalue weighted by Crippen LogP contribution is -2.59. The Kier molecular flexibility index (Phi) is 3.43. The Morgan fingerprint density at radius 1 is 1.57 bits per heavy atom. The molecule has 0 heterocycles. The summed E-state index contributed by atoms with van der Waals surface area (Å²) in [6, 6.07) is 0. The molecule has 1 rings (SSSR count). The van der Waals surface area contributed by atoms with Crippen LogP contribution < -0.4 is 5.32 Å². The number of halogens is 1. The second-order valence-corrected chi connectivity index (χ2v) is 5.03. The van der Waals surface area contributed by atoms with Gasteiger partial charge in [0, 0.05) is 5.88 Å². The monoisotopic (exact) mass is 219 g/mol. The van der Waals surface area contributed by atoms with Crippen molar-refractivity contribution in [2.24, 2.45) is 5.41 Å². The lowest BCUT2D eigenvalue weighted by Gasteiger charge is -2.42. The summed E-state index contributed by atoms with van der Waals surface area (Å²) in [5, 5.41) is 12.1. The van der Waals surface area contributed by atoms with Crippen LogP contribution in [0.2, 0.25) is 0 Å². The third-order valence-corrected chi connectivity index (χ3v) is 3.61. The second kappa shape index (κ2) is 4.07. The topological polar surface area (TPSA) is 49.3 Å². The van der Waals surface area contributed by atoms with Crippen LogP contribution in [0.15, 0.2) is 0 Å². The van der Waals surface area contributed by atoms with E-state index in [0.29, 0.717) is 5.88 Å². The summed E-state index contributed by atoms with van der Waals surface area (Å²) in [6.45, 7) is 3.63. The highest BCUT2D eigenvalue weighted by molar-refractivity contribution is 6.19. The first-order valence-corrected chi connectivity index (χ1v) is 5.49. The molecule has 0 aromatic heterocycles. The zero-order valence-electron chi connectivity index (χ0n) is 8.77. The average molecular weight is 220 g/mol. The Hall–Kier alpha value is -0.280. The van der Waals surface area contributed by atoms with Crippen molar-refractivity contribution in [3.63, 3.8) is 0 Å². The summed E-state index contributed by atoms with van der Waals surface area (Å²) < 4.78 is 0. The highest BCUT2D eigenvalue weighted by atomic mass is 35.5. The van der Waals surface area contributed by atoms with Gasteiger partial charge in [-0.05, 0) is 33.1 Å². The van der Waals surface area contributed by atoms with Crippen molar-refractivity contribution in [1.29, 1.82) is 0 Å². The summed E-state index contributed by atoms with van der Waals surface area (Å²) in [6.07, 6.45) is 2.81. The van der Waals surface area contributed by atoms with E-state index in [9.17, 15) is 9.90 Å². The lowest BCUT2D eigenvalue weighted by molar-refractivity contribution is -0.132. The van der Waals surface area contributed by atoms with Gasteiger partial charge >= 0.3 is 0 Å². The van der Waals surface area contributed by atoms with Crippen LogP contribution in [0.3, 0.4) is 0 Å². The number of hydrogen-bond donors (Lipinski definition) is 2. The molecule has 0 spiro atoms. The molecule has 0 unspecified atom stereocenters. The van der Waals surface area contributed by atoms with Gasteiger partial charge in [0.15, 0.2) is 0 Å². The molecule has 14 heavy (non-hydrogen) atoms. The van der Waals surface area contributed by atoms with Crippen molar-refractivity contribution >= 4 is 17.5 Å². The third-order valence-electron chi connectivity index (χ3n) is 2.94. The highest BCUT2D eigenvalue weighted by Gasteiger charge is 2.40. The number of hydrogen-bond acceptors (Lipinski definition) is 2. The predicted molar refractivity (Wildman–Crippen MR) is 56.3 cm³/mol. The molecule has 0 aromatic carbocycles. The molecule has 1 aliphatic carbocycles. The first-order valence-electron chi connectivity index (χ1n) is 4.95. The van der Waals surface area contributed by atoms with Crippen molar-refractivity contribution < 1.29 is 9.90 Å². The van der Waals surface area contributed by atoms with Gasteiger partial charge in [-0.25, -0.2) is 0 Å². The smallest absolute Gasteiger partial charge is 0.227 e. The number of aliphatic hydroxyl groups excluding tert-OH is 1. The molecule has 1 saturated carbocycles. The quantitative estimate of drug-likeness (QED) is 0.700. The predicted octanol–water partition coefficient (Wildman–Crippen LogP) is 1.28. The van der Waals surface area contributed by atoms with Crippen LogP contribution in [0.25, 0.3) is 0 Å². The number of amides is 1. The Balaban J connectivity index is 2.55. The molecule has 1 fully saturated rings. The molecule has 0 saturated heterocycles. The molecule has 0 aromatic rings. The maximum atomic E-state index is 11.8. The van der Waals surface area contributed by atoms with Gasteiger partial charge < -0.3 is 10.4 Å². The Morgan fingerprint density at radius 2 is 2.14 bits per heavy atom. The van der Waals surface area contributed by atoms with Crippen LogP contribution in [-0.2, 0) is 4.79 Å². The molecule has 0 radical (unpaired) electrons. The second-order valence-electron chi connectivity index (χ2n) is 4.76. The van der Waals surface area contributed by atoms with Crippen molar-refractivity contribution in [3.8, 4) is 0 Å². The molecule has 0 atom stereocenters. The van der Waals surface area contributed by atoms with Crippen LogP contribution in [-0.4, -0.2) is 29.0 Å². The maximum absolute atomic E-state index is 11.8. The van der Waals surface area contributed by atoms with E-state index < -0.39 is 5.41 Å². The Bertz CT molecular complexity index is 219. The average Bonchev–Trinajstić information content (AvgIpc) is 2.10. The van der Waals surface area contributed by atoms with Crippen LogP contribution in [0, 0.1) is 5.41 Å². The normalized spacial score (nSPS) is 20.0.